The highest BCUT2D eigenvalue weighted by atomic mass is 16.2. The van der Waals surface area contributed by atoms with Crippen molar-refractivity contribution in [2.45, 2.75) is 13.8 Å². The fourth-order valence-electron chi connectivity index (χ4n) is 1.28. The first-order chi connectivity index (χ1) is 5.95. The van der Waals surface area contributed by atoms with E-state index in [9.17, 15) is 4.79 Å². The van der Waals surface area contributed by atoms with Gasteiger partial charge in [0.2, 0.25) is 0 Å². The Morgan fingerprint density at radius 1 is 1.38 bits per heavy atom. The Kier molecular flexibility index (Phi) is 2.45. The minimum atomic E-state index is 0.0538. The lowest BCUT2D eigenvalue weighted by Gasteiger charge is -2.33. The molecule has 1 heterocycles. The van der Waals surface area contributed by atoms with Crippen LogP contribution in [0.1, 0.15) is 13.8 Å². The maximum atomic E-state index is 11.7. The molecule has 0 fully saturated rings. The summed E-state index contributed by atoms with van der Waals surface area (Å²) in [5.41, 5.74) is 0.831. The van der Waals surface area contributed by atoms with Crippen LogP contribution < -0.4 is 0 Å². The average molecular weight is 180 g/mol. The number of likely N-dealkylation sites (N-methyl/N-ethyl adjacent to an activating group) is 1. The third-order valence-corrected chi connectivity index (χ3v) is 2.30. The molecule has 72 valence electrons. The van der Waals surface area contributed by atoms with Gasteiger partial charge in [-0.3, -0.25) is 9.69 Å². The third-order valence-electron chi connectivity index (χ3n) is 2.30. The summed E-state index contributed by atoms with van der Waals surface area (Å²) in [5.74, 6) is 1.03. The van der Waals surface area contributed by atoms with Crippen LogP contribution in [0.3, 0.4) is 0 Å². The van der Waals surface area contributed by atoms with E-state index >= 15 is 0 Å². The Morgan fingerprint density at radius 2 is 1.92 bits per heavy atom. The van der Waals surface area contributed by atoms with Gasteiger partial charge in [0, 0.05) is 25.9 Å². The topological polar surface area (TPSA) is 23.6 Å². The largest absolute Gasteiger partial charge is 0.337 e. The van der Waals surface area contributed by atoms with Crippen molar-refractivity contribution in [3.05, 3.63) is 24.2 Å². The van der Waals surface area contributed by atoms with Crippen LogP contribution in [0.4, 0.5) is 0 Å². The molecule has 0 aliphatic carbocycles. The fourth-order valence-corrected chi connectivity index (χ4v) is 1.28. The van der Waals surface area contributed by atoms with Crippen molar-refractivity contribution in [2.75, 3.05) is 14.1 Å². The molecule has 0 spiro atoms. The molecule has 13 heavy (non-hydrogen) atoms. The van der Waals surface area contributed by atoms with E-state index in [1.165, 1.54) is 0 Å². The van der Waals surface area contributed by atoms with Crippen LogP contribution in [-0.2, 0) is 4.79 Å². The molecular weight excluding hydrogens is 164 g/mol. The Labute approximate surface area is 79.3 Å². The van der Waals surface area contributed by atoms with Gasteiger partial charge in [-0.2, -0.15) is 0 Å². The molecule has 3 heteroatoms. The third kappa shape index (κ3) is 1.59. The minimum absolute atomic E-state index is 0.0538. The summed E-state index contributed by atoms with van der Waals surface area (Å²) in [7, 11) is 3.64. The summed E-state index contributed by atoms with van der Waals surface area (Å²) in [6.07, 6.45) is 1.86. The second kappa shape index (κ2) is 3.24. The van der Waals surface area contributed by atoms with E-state index in [0.717, 1.165) is 11.4 Å². The molecule has 0 unspecified atom stereocenters. The second-order valence-corrected chi connectivity index (χ2v) is 3.63. The number of rotatable bonds is 1. The highest BCUT2D eigenvalue weighted by Gasteiger charge is 2.25. The van der Waals surface area contributed by atoms with E-state index in [1.54, 1.807) is 11.9 Å². The van der Waals surface area contributed by atoms with Crippen LogP contribution in [0.25, 0.3) is 0 Å². The van der Waals surface area contributed by atoms with Gasteiger partial charge in [-0.1, -0.05) is 20.4 Å². The first-order valence-electron chi connectivity index (χ1n) is 4.36. The van der Waals surface area contributed by atoms with E-state index in [4.69, 9.17) is 0 Å². The van der Waals surface area contributed by atoms with E-state index in [-0.39, 0.29) is 11.8 Å². The fraction of sp³-hybridized carbons (Fsp3) is 0.500. The van der Waals surface area contributed by atoms with Crippen molar-refractivity contribution in [3.63, 3.8) is 0 Å². The number of amides is 1. The Balaban J connectivity index is 3.05. The van der Waals surface area contributed by atoms with E-state index in [0.29, 0.717) is 0 Å². The van der Waals surface area contributed by atoms with Crippen LogP contribution in [0.15, 0.2) is 24.2 Å². The SMILES string of the molecule is C=C1N(C)C=C(C(C)C)C(=O)N1C. The molecule has 0 saturated heterocycles. The average Bonchev–Trinajstić information content (AvgIpc) is 2.07. The van der Waals surface area contributed by atoms with E-state index in [2.05, 4.69) is 6.58 Å². The van der Waals surface area contributed by atoms with Crippen LogP contribution in [0.5, 0.6) is 0 Å². The summed E-state index contributed by atoms with van der Waals surface area (Å²) in [4.78, 5) is 15.1. The number of nitrogens with zero attached hydrogens (tertiary/aromatic N) is 2. The molecule has 1 amide bonds. The van der Waals surface area contributed by atoms with Gasteiger partial charge in [0.05, 0.1) is 0 Å². The maximum absolute atomic E-state index is 11.7. The van der Waals surface area contributed by atoms with Crippen LogP contribution >= 0.6 is 0 Å². The monoisotopic (exact) mass is 180 g/mol. The molecule has 0 saturated carbocycles. The van der Waals surface area contributed by atoms with E-state index < -0.39 is 0 Å². The van der Waals surface area contributed by atoms with Gasteiger partial charge in [-0.05, 0) is 5.92 Å². The van der Waals surface area contributed by atoms with Gasteiger partial charge in [0.15, 0.2) is 0 Å². The normalized spacial score (nSPS) is 18.4. The summed E-state index contributed by atoms with van der Waals surface area (Å²) in [6.45, 7) is 7.83. The summed E-state index contributed by atoms with van der Waals surface area (Å²) in [6, 6.07) is 0. The number of hydrogen-bond acceptors (Lipinski definition) is 2. The molecule has 0 aromatic carbocycles. The number of carbonyl (C=O) groups is 1. The van der Waals surface area contributed by atoms with Crippen molar-refractivity contribution in [3.8, 4) is 0 Å². The molecule has 1 aliphatic heterocycles. The number of carbonyl (C=O) groups excluding carboxylic acids is 1. The molecule has 1 rings (SSSR count). The number of hydrogen-bond donors (Lipinski definition) is 0. The molecule has 0 bridgehead atoms. The Hall–Kier alpha value is -1.25. The van der Waals surface area contributed by atoms with Crippen molar-refractivity contribution in [2.24, 2.45) is 5.92 Å². The van der Waals surface area contributed by atoms with Gasteiger partial charge in [0.1, 0.15) is 5.82 Å². The molecule has 0 aromatic heterocycles. The zero-order chi connectivity index (χ0) is 10.2. The predicted octanol–water partition coefficient (Wildman–Crippen LogP) is 1.40. The first kappa shape index (κ1) is 9.84. The van der Waals surface area contributed by atoms with Gasteiger partial charge in [-0.25, -0.2) is 0 Å². The molecule has 0 aromatic rings. The van der Waals surface area contributed by atoms with Crippen molar-refractivity contribution < 1.29 is 4.79 Å². The van der Waals surface area contributed by atoms with Crippen molar-refractivity contribution in [1.29, 1.82) is 0 Å². The van der Waals surface area contributed by atoms with Gasteiger partial charge < -0.3 is 4.90 Å². The maximum Gasteiger partial charge on any atom is 0.256 e. The van der Waals surface area contributed by atoms with Crippen molar-refractivity contribution >= 4 is 5.91 Å². The first-order valence-corrected chi connectivity index (χ1v) is 4.36. The quantitative estimate of drug-likeness (QED) is 0.609. The molecule has 0 radical (unpaired) electrons. The lowest BCUT2D eigenvalue weighted by Crippen LogP contribution is -2.39. The minimum Gasteiger partial charge on any atom is -0.337 e. The lowest BCUT2D eigenvalue weighted by atomic mass is 10.0. The molecule has 0 atom stereocenters. The molecular formula is C10H16N2O. The summed E-state index contributed by atoms with van der Waals surface area (Å²) in [5, 5.41) is 0. The zero-order valence-electron chi connectivity index (χ0n) is 8.66. The van der Waals surface area contributed by atoms with E-state index in [1.807, 2.05) is 32.0 Å². The Bertz CT molecular complexity index is 279. The predicted molar refractivity (Wildman–Crippen MR) is 52.6 cm³/mol. The highest BCUT2D eigenvalue weighted by Crippen LogP contribution is 2.22. The lowest BCUT2D eigenvalue weighted by molar-refractivity contribution is -0.126. The molecule has 1 aliphatic rings. The van der Waals surface area contributed by atoms with Crippen LogP contribution in [-0.4, -0.2) is 29.8 Å². The summed E-state index contributed by atoms with van der Waals surface area (Å²) >= 11 is 0. The standard InChI is InChI=1S/C10H16N2O/c1-7(2)9-6-11(4)8(3)12(5)10(9)13/h6-7H,3H2,1-2,4-5H3. The molecule has 0 N–H and O–H groups in total. The highest BCUT2D eigenvalue weighted by molar-refractivity contribution is 5.95. The van der Waals surface area contributed by atoms with Crippen LogP contribution in [0, 0.1) is 5.92 Å². The van der Waals surface area contributed by atoms with Crippen molar-refractivity contribution in [1.82, 2.24) is 9.80 Å². The Morgan fingerprint density at radius 3 is 2.38 bits per heavy atom. The van der Waals surface area contributed by atoms with Gasteiger partial charge in [-0.15, -0.1) is 0 Å². The van der Waals surface area contributed by atoms with Crippen LogP contribution in [0.2, 0.25) is 0 Å². The molecule has 3 nitrogen and oxygen atoms in total. The smallest absolute Gasteiger partial charge is 0.256 e. The summed E-state index contributed by atoms with van der Waals surface area (Å²) < 4.78 is 0. The second-order valence-electron chi connectivity index (χ2n) is 3.63. The zero-order valence-corrected chi connectivity index (χ0v) is 8.66. The van der Waals surface area contributed by atoms with Gasteiger partial charge >= 0.3 is 0 Å². The van der Waals surface area contributed by atoms with Gasteiger partial charge in [0.25, 0.3) is 5.91 Å².